The second-order valence-electron chi connectivity index (χ2n) is 10.8. The molecule has 0 spiro atoms. The zero-order chi connectivity index (χ0) is 32.6. The number of nitrogens with zero attached hydrogens (tertiary/aromatic N) is 2. The van der Waals surface area contributed by atoms with E-state index in [0.29, 0.717) is 39.9 Å². The fourth-order valence-corrected chi connectivity index (χ4v) is 6.72. The van der Waals surface area contributed by atoms with Gasteiger partial charge >= 0.3 is 0 Å². The van der Waals surface area contributed by atoms with Crippen LogP contribution < -0.4 is 20.5 Å². The van der Waals surface area contributed by atoms with Crippen molar-refractivity contribution in [1.82, 2.24) is 14.3 Å². The van der Waals surface area contributed by atoms with Crippen molar-refractivity contribution in [2.24, 2.45) is 5.73 Å². The molecule has 0 bridgehead atoms. The number of benzene rings is 4. The van der Waals surface area contributed by atoms with E-state index in [4.69, 9.17) is 20.2 Å². The first kappa shape index (κ1) is 30.8. The summed E-state index contributed by atoms with van der Waals surface area (Å²) in [7, 11) is -1.09. The topological polar surface area (TPSA) is 126 Å². The lowest BCUT2D eigenvalue weighted by Crippen LogP contribution is -2.23. The summed E-state index contributed by atoms with van der Waals surface area (Å²) in [5, 5.41) is 3.76. The number of amides is 1. The molecule has 0 saturated heterocycles. The maximum atomic E-state index is 14.7. The standard InChI is InChI=1S/C35H31FN4O5S/c1-21-4-11-25(12-5-21)46(42,43)40-20-29(27-14-24(36)10-13-32(27)40)30-15-28(26-16-33(44-2)34(45-3)17-31(26)39-30)35(41)38-19-23-8-6-22(18-37)7-9-23/h4-17,20H,18-19,37H2,1-3H3,(H,38,41). The van der Waals surface area contributed by atoms with Crippen LogP contribution in [-0.4, -0.2) is 37.5 Å². The van der Waals surface area contributed by atoms with Crippen LogP contribution in [0.1, 0.15) is 27.0 Å². The van der Waals surface area contributed by atoms with Crippen LogP contribution in [0.3, 0.4) is 0 Å². The molecule has 2 aromatic heterocycles. The Hall–Kier alpha value is -5.26. The first-order valence-corrected chi connectivity index (χ1v) is 15.8. The molecule has 11 heteroatoms. The maximum absolute atomic E-state index is 14.7. The van der Waals surface area contributed by atoms with Gasteiger partial charge in [-0.05, 0) is 60.5 Å². The van der Waals surface area contributed by atoms with Crippen LogP contribution in [0.4, 0.5) is 4.39 Å². The summed E-state index contributed by atoms with van der Waals surface area (Å²) in [6.45, 7) is 2.52. The normalized spacial score (nSPS) is 11.6. The molecule has 0 radical (unpaired) electrons. The van der Waals surface area contributed by atoms with Crippen molar-refractivity contribution in [1.29, 1.82) is 0 Å². The van der Waals surface area contributed by atoms with Gasteiger partial charge in [0.2, 0.25) is 0 Å². The van der Waals surface area contributed by atoms with Gasteiger partial charge in [-0.1, -0.05) is 42.0 Å². The zero-order valence-electron chi connectivity index (χ0n) is 25.4. The number of ether oxygens (including phenoxy) is 2. The number of carbonyl (C=O) groups excluding carboxylic acids is 1. The number of methoxy groups -OCH3 is 2. The molecule has 0 atom stereocenters. The Balaban J connectivity index is 1.53. The summed E-state index contributed by atoms with van der Waals surface area (Å²) in [4.78, 5) is 18.7. The Bertz CT molecular complexity index is 2210. The molecule has 6 rings (SSSR count). The molecule has 3 N–H and O–H groups in total. The number of pyridine rings is 1. The minimum atomic E-state index is -4.07. The Labute approximate surface area is 265 Å². The van der Waals surface area contributed by atoms with Crippen LogP contribution >= 0.6 is 0 Å². The van der Waals surface area contributed by atoms with Gasteiger partial charge in [0.25, 0.3) is 15.9 Å². The molecule has 0 aliphatic heterocycles. The first-order valence-electron chi connectivity index (χ1n) is 14.4. The van der Waals surface area contributed by atoms with Gasteiger partial charge in [-0.2, -0.15) is 0 Å². The number of hydrogen-bond acceptors (Lipinski definition) is 7. The number of halogens is 1. The van der Waals surface area contributed by atoms with Crippen molar-refractivity contribution < 1.29 is 27.1 Å². The van der Waals surface area contributed by atoms with E-state index in [1.165, 1.54) is 50.7 Å². The molecular weight excluding hydrogens is 607 g/mol. The average molecular weight is 639 g/mol. The molecule has 9 nitrogen and oxygen atoms in total. The summed E-state index contributed by atoms with van der Waals surface area (Å²) in [6.07, 6.45) is 1.41. The predicted octanol–water partition coefficient (Wildman–Crippen LogP) is 5.95. The minimum Gasteiger partial charge on any atom is -0.493 e. The zero-order valence-corrected chi connectivity index (χ0v) is 26.2. The number of hydrogen-bond donors (Lipinski definition) is 2. The second kappa shape index (κ2) is 12.3. The minimum absolute atomic E-state index is 0.0775. The van der Waals surface area contributed by atoms with Crippen molar-refractivity contribution in [2.45, 2.75) is 24.9 Å². The summed E-state index contributed by atoms with van der Waals surface area (Å²) in [5.41, 5.74) is 9.98. The van der Waals surface area contributed by atoms with Crippen LogP contribution in [0.25, 0.3) is 33.1 Å². The van der Waals surface area contributed by atoms with Gasteiger partial charge in [0.15, 0.2) is 11.5 Å². The van der Waals surface area contributed by atoms with E-state index in [9.17, 15) is 17.6 Å². The van der Waals surface area contributed by atoms with E-state index in [-0.39, 0.29) is 28.2 Å². The summed E-state index contributed by atoms with van der Waals surface area (Å²) >= 11 is 0. The van der Waals surface area contributed by atoms with Gasteiger partial charge in [0.05, 0.1) is 41.4 Å². The number of rotatable bonds is 9. The van der Waals surface area contributed by atoms with Crippen molar-refractivity contribution in [2.75, 3.05) is 14.2 Å². The van der Waals surface area contributed by atoms with Crippen molar-refractivity contribution in [3.63, 3.8) is 0 Å². The summed E-state index contributed by atoms with van der Waals surface area (Å²) < 4.78 is 54.5. The van der Waals surface area contributed by atoms with Gasteiger partial charge < -0.3 is 20.5 Å². The van der Waals surface area contributed by atoms with Gasteiger partial charge in [0.1, 0.15) is 5.82 Å². The fraction of sp³-hybridized carbons (Fsp3) is 0.143. The number of aromatic nitrogens is 2. The van der Waals surface area contributed by atoms with E-state index in [0.717, 1.165) is 20.7 Å². The Morgan fingerprint density at radius 1 is 0.891 bits per heavy atom. The lowest BCUT2D eigenvalue weighted by atomic mass is 10.0. The molecule has 46 heavy (non-hydrogen) atoms. The Morgan fingerprint density at radius 3 is 2.24 bits per heavy atom. The molecule has 0 aliphatic rings. The molecule has 1 amide bonds. The molecule has 0 aliphatic carbocycles. The number of nitrogens with two attached hydrogens (primary N) is 1. The number of carbonyl (C=O) groups is 1. The van der Waals surface area contributed by atoms with Crippen LogP contribution in [-0.2, 0) is 23.1 Å². The van der Waals surface area contributed by atoms with Crippen molar-refractivity contribution in [3.8, 4) is 22.8 Å². The monoisotopic (exact) mass is 638 g/mol. The van der Waals surface area contributed by atoms with Gasteiger partial charge in [0, 0.05) is 41.7 Å². The molecule has 0 unspecified atom stereocenters. The highest BCUT2D eigenvalue weighted by Crippen LogP contribution is 2.38. The fourth-order valence-electron chi connectivity index (χ4n) is 5.35. The summed E-state index contributed by atoms with van der Waals surface area (Å²) in [6, 6.07) is 22.8. The third kappa shape index (κ3) is 5.66. The largest absolute Gasteiger partial charge is 0.493 e. The number of aryl methyl sites for hydroxylation is 1. The quantitative estimate of drug-likeness (QED) is 0.201. The smallest absolute Gasteiger partial charge is 0.268 e. The average Bonchev–Trinajstić information content (AvgIpc) is 3.46. The van der Waals surface area contributed by atoms with E-state index < -0.39 is 21.7 Å². The molecular formula is C35H31FN4O5S. The van der Waals surface area contributed by atoms with E-state index in [2.05, 4.69) is 5.32 Å². The lowest BCUT2D eigenvalue weighted by Gasteiger charge is -2.14. The molecule has 0 saturated carbocycles. The maximum Gasteiger partial charge on any atom is 0.268 e. The van der Waals surface area contributed by atoms with Crippen LogP contribution in [0.5, 0.6) is 11.5 Å². The number of nitrogens with one attached hydrogen (secondary N) is 1. The Kier molecular flexibility index (Phi) is 8.20. The molecule has 2 heterocycles. The highest BCUT2D eigenvalue weighted by atomic mass is 32.2. The highest BCUT2D eigenvalue weighted by Gasteiger charge is 2.24. The van der Waals surface area contributed by atoms with Crippen LogP contribution in [0.2, 0.25) is 0 Å². The Morgan fingerprint density at radius 2 is 1.57 bits per heavy atom. The highest BCUT2D eigenvalue weighted by molar-refractivity contribution is 7.90. The third-order valence-electron chi connectivity index (χ3n) is 7.86. The van der Waals surface area contributed by atoms with Crippen molar-refractivity contribution in [3.05, 3.63) is 119 Å². The molecule has 0 fully saturated rings. The summed E-state index contributed by atoms with van der Waals surface area (Å²) in [5.74, 6) is -0.156. The van der Waals surface area contributed by atoms with Crippen LogP contribution in [0, 0.1) is 12.7 Å². The van der Waals surface area contributed by atoms with E-state index in [1.807, 2.05) is 31.2 Å². The first-order chi connectivity index (χ1) is 22.1. The van der Waals surface area contributed by atoms with Crippen LogP contribution in [0.15, 0.2) is 96.0 Å². The lowest BCUT2D eigenvalue weighted by molar-refractivity contribution is 0.0952. The second-order valence-corrected chi connectivity index (χ2v) is 12.6. The van der Waals surface area contributed by atoms with Gasteiger partial charge in [-0.25, -0.2) is 21.8 Å². The van der Waals surface area contributed by atoms with Gasteiger partial charge in [-0.3, -0.25) is 4.79 Å². The molecule has 6 aromatic rings. The molecule has 4 aromatic carbocycles. The van der Waals surface area contributed by atoms with Gasteiger partial charge in [-0.15, -0.1) is 0 Å². The van der Waals surface area contributed by atoms with Crippen molar-refractivity contribution >= 4 is 37.7 Å². The van der Waals surface area contributed by atoms with E-state index >= 15 is 0 Å². The number of fused-ring (bicyclic) bond motifs is 2. The third-order valence-corrected chi connectivity index (χ3v) is 9.54. The van der Waals surface area contributed by atoms with E-state index in [1.54, 1.807) is 30.3 Å². The predicted molar refractivity (Wildman–Crippen MR) is 175 cm³/mol. The SMILES string of the molecule is COc1cc2nc(-c3cn(S(=O)(=O)c4ccc(C)cc4)c4ccc(F)cc34)cc(C(=O)NCc3ccc(CN)cc3)c2cc1OC. The molecule has 234 valence electrons.